The highest BCUT2D eigenvalue weighted by molar-refractivity contribution is 6.31. The number of benzene rings is 2. The summed E-state index contributed by atoms with van der Waals surface area (Å²) in [6, 6.07) is 10.9. The summed E-state index contributed by atoms with van der Waals surface area (Å²) in [6.07, 6.45) is 1.96. The first-order chi connectivity index (χ1) is 9.65. The number of aryl methyl sites for hydroxylation is 2. The maximum atomic E-state index is 13.0. The molecule has 20 heavy (non-hydrogen) atoms. The predicted molar refractivity (Wildman–Crippen MR) is 83.9 cm³/mol. The minimum Gasteiger partial charge on any atom is -0.380 e. The van der Waals surface area contributed by atoms with Gasteiger partial charge < -0.3 is 5.32 Å². The fraction of sp³-hybridized carbons (Fsp3) is 0.294. The zero-order valence-electron chi connectivity index (χ0n) is 11.8. The average Bonchev–Trinajstić information content (AvgIpc) is 2.46. The van der Waals surface area contributed by atoms with Crippen LogP contribution < -0.4 is 5.32 Å². The van der Waals surface area contributed by atoms with E-state index in [-0.39, 0.29) is 5.82 Å². The van der Waals surface area contributed by atoms with Crippen LogP contribution in [-0.4, -0.2) is 0 Å². The summed E-state index contributed by atoms with van der Waals surface area (Å²) in [5.74, 6) is -0.304. The Balaban J connectivity index is 2.22. The lowest BCUT2D eigenvalue weighted by atomic mass is 10.0. The van der Waals surface area contributed by atoms with Gasteiger partial charge in [-0.3, -0.25) is 0 Å². The Morgan fingerprint density at radius 2 is 1.65 bits per heavy atom. The van der Waals surface area contributed by atoms with Gasteiger partial charge in [-0.15, -0.1) is 0 Å². The van der Waals surface area contributed by atoms with Gasteiger partial charge in [0.1, 0.15) is 5.82 Å². The van der Waals surface area contributed by atoms with E-state index >= 15 is 0 Å². The van der Waals surface area contributed by atoms with Gasteiger partial charge in [-0.25, -0.2) is 4.39 Å². The first-order valence-corrected chi connectivity index (χ1v) is 7.32. The molecule has 0 amide bonds. The lowest BCUT2D eigenvalue weighted by molar-refractivity contribution is 0.627. The van der Waals surface area contributed by atoms with E-state index in [9.17, 15) is 4.39 Å². The Morgan fingerprint density at radius 3 is 2.20 bits per heavy atom. The molecule has 0 bridgehead atoms. The molecule has 0 aliphatic carbocycles. The van der Waals surface area contributed by atoms with Gasteiger partial charge in [0.25, 0.3) is 0 Å². The van der Waals surface area contributed by atoms with Gasteiger partial charge in [0.2, 0.25) is 0 Å². The minimum atomic E-state index is -0.304. The Morgan fingerprint density at radius 1 is 1.00 bits per heavy atom. The monoisotopic (exact) mass is 291 g/mol. The second kappa shape index (κ2) is 6.76. The molecule has 2 aromatic rings. The molecule has 0 radical (unpaired) electrons. The molecule has 1 N–H and O–H groups in total. The first kappa shape index (κ1) is 14.9. The molecule has 3 heteroatoms. The number of nitrogens with one attached hydrogen (secondary N) is 1. The maximum absolute atomic E-state index is 13.0. The van der Waals surface area contributed by atoms with Gasteiger partial charge in [0.05, 0.1) is 0 Å². The SMILES string of the molecule is CCc1cccc(CC)c1NCc1ccc(F)cc1Cl. The van der Waals surface area contributed by atoms with E-state index in [2.05, 4.69) is 37.4 Å². The van der Waals surface area contributed by atoms with E-state index < -0.39 is 0 Å². The molecule has 0 aromatic heterocycles. The van der Waals surface area contributed by atoms with Crippen LogP contribution in [0.2, 0.25) is 5.02 Å². The Bertz CT molecular complexity index is 573. The summed E-state index contributed by atoms with van der Waals surface area (Å²) >= 11 is 6.06. The molecule has 0 aliphatic rings. The van der Waals surface area contributed by atoms with Gasteiger partial charge in [-0.1, -0.05) is 49.7 Å². The predicted octanol–water partition coefficient (Wildman–Crippen LogP) is 5.22. The van der Waals surface area contributed by atoms with Crippen molar-refractivity contribution in [1.29, 1.82) is 0 Å². The highest BCUT2D eigenvalue weighted by atomic mass is 35.5. The van der Waals surface area contributed by atoms with Crippen LogP contribution in [0.25, 0.3) is 0 Å². The summed E-state index contributed by atoms with van der Waals surface area (Å²) < 4.78 is 13.0. The molecular weight excluding hydrogens is 273 g/mol. The molecule has 2 rings (SSSR count). The van der Waals surface area contributed by atoms with Crippen LogP contribution in [0.4, 0.5) is 10.1 Å². The first-order valence-electron chi connectivity index (χ1n) is 6.94. The fourth-order valence-electron chi connectivity index (χ4n) is 2.32. The number of rotatable bonds is 5. The van der Waals surface area contributed by atoms with Crippen molar-refractivity contribution < 1.29 is 4.39 Å². The van der Waals surface area contributed by atoms with Crippen molar-refractivity contribution in [2.24, 2.45) is 0 Å². The lowest BCUT2D eigenvalue weighted by Gasteiger charge is -2.16. The van der Waals surface area contributed by atoms with Crippen LogP contribution in [0.15, 0.2) is 36.4 Å². The maximum Gasteiger partial charge on any atom is 0.124 e. The standard InChI is InChI=1S/C17H19ClFN/c1-3-12-6-5-7-13(4-2)17(12)20-11-14-8-9-15(19)10-16(14)18/h5-10,20H,3-4,11H2,1-2H3. The molecule has 0 aliphatic heterocycles. The summed E-state index contributed by atoms with van der Waals surface area (Å²) in [7, 11) is 0. The summed E-state index contributed by atoms with van der Waals surface area (Å²) in [5, 5.41) is 3.92. The van der Waals surface area contributed by atoms with E-state index in [1.54, 1.807) is 6.07 Å². The lowest BCUT2D eigenvalue weighted by Crippen LogP contribution is -2.05. The van der Waals surface area contributed by atoms with E-state index in [1.165, 1.54) is 28.9 Å². The molecule has 0 saturated heterocycles. The van der Waals surface area contributed by atoms with Crippen molar-refractivity contribution in [3.8, 4) is 0 Å². The van der Waals surface area contributed by atoms with Crippen LogP contribution in [0, 0.1) is 5.82 Å². The zero-order chi connectivity index (χ0) is 14.5. The second-order valence-electron chi connectivity index (χ2n) is 4.75. The molecule has 0 atom stereocenters. The molecule has 106 valence electrons. The average molecular weight is 292 g/mol. The molecule has 0 fully saturated rings. The van der Waals surface area contributed by atoms with Crippen molar-refractivity contribution >= 4 is 17.3 Å². The van der Waals surface area contributed by atoms with Gasteiger partial charge >= 0.3 is 0 Å². The highest BCUT2D eigenvalue weighted by Gasteiger charge is 2.07. The third kappa shape index (κ3) is 3.31. The van der Waals surface area contributed by atoms with Crippen molar-refractivity contribution in [1.82, 2.24) is 0 Å². The number of halogens is 2. The topological polar surface area (TPSA) is 12.0 Å². The van der Waals surface area contributed by atoms with Crippen LogP contribution in [0.5, 0.6) is 0 Å². The molecule has 0 saturated carbocycles. The molecule has 0 spiro atoms. The third-order valence-electron chi connectivity index (χ3n) is 3.47. The van der Waals surface area contributed by atoms with Crippen molar-refractivity contribution in [2.75, 3.05) is 5.32 Å². The quantitative estimate of drug-likeness (QED) is 0.797. The largest absolute Gasteiger partial charge is 0.380 e. The zero-order valence-corrected chi connectivity index (χ0v) is 12.6. The molecule has 2 aromatic carbocycles. The normalized spacial score (nSPS) is 10.6. The summed E-state index contributed by atoms with van der Waals surface area (Å²) in [6.45, 7) is 4.89. The number of anilines is 1. The number of para-hydroxylation sites is 1. The van der Waals surface area contributed by atoms with E-state index in [4.69, 9.17) is 11.6 Å². The van der Waals surface area contributed by atoms with Gasteiger partial charge in [0, 0.05) is 17.3 Å². The summed E-state index contributed by atoms with van der Waals surface area (Å²) in [4.78, 5) is 0. The molecule has 0 heterocycles. The van der Waals surface area contributed by atoms with Crippen molar-refractivity contribution in [3.05, 3.63) is 63.9 Å². The number of hydrogen-bond donors (Lipinski definition) is 1. The van der Waals surface area contributed by atoms with Crippen LogP contribution in [0.1, 0.15) is 30.5 Å². The fourth-order valence-corrected chi connectivity index (χ4v) is 2.55. The van der Waals surface area contributed by atoms with Crippen LogP contribution in [-0.2, 0) is 19.4 Å². The van der Waals surface area contributed by atoms with Crippen LogP contribution in [0.3, 0.4) is 0 Å². The van der Waals surface area contributed by atoms with Gasteiger partial charge in [-0.05, 0) is 41.7 Å². The third-order valence-corrected chi connectivity index (χ3v) is 3.82. The smallest absolute Gasteiger partial charge is 0.124 e. The van der Waals surface area contributed by atoms with E-state index in [0.717, 1.165) is 18.4 Å². The van der Waals surface area contributed by atoms with Crippen molar-refractivity contribution in [3.63, 3.8) is 0 Å². The van der Waals surface area contributed by atoms with E-state index in [0.29, 0.717) is 11.6 Å². The summed E-state index contributed by atoms with van der Waals surface area (Å²) in [5.41, 5.74) is 4.67. The number of hydrogen-bond acceptors (Lipinski definition) is 1. The van der Waals surface area contributed by atoms with Crippen molar-refractivity contribution in [2.45, 2.75) is 33.2 Å². The molecule has 1 nitrogen and oxygen atoms in total. The minimum absolute atomic E-state index is 0.304. The van der Waals surface area contributed by atoms with Gasteiger partial charge in [-0.2, -0.15) is 0 Å². The van der Waals surface area contributed by atoms with Crippen LogP contribution >= 0.6 is 11.6 Å². The molecular formula is C17H19ClFN. The molecule has 0 unspecified atom stereocenters. The Labute approximate surface area is 124 Å². The van der Waals surface area contributed by atoms with Gasteiger partial charge in [0.15, 0.2) is 0 Å². The van der Waals surface area contributed by atoms with E-state index in [1.807, 2.05) is 0 Å². The second-order valence-corrected chi connectivity index (χ2v) is 5.15. The highest BCUT2D eigenvalue weighted by Crippen LogP contribution is 2.25. The Kier molecular flexibility index (Phi) is 5.02. The Hall–Kier alpha value is -1.54.